The molecule has 0 N–H and O–H groups in total. The van der Waals surface area contributed by atoms with Gasteiger partial charge in [0.25, 0.3) is 5.91 Å². The molecule has 2 heterocycles. The lowest BCUT2D eigenvalue weighted by atomic mass is 10.2. The van der Waals surface area contributed by atoms with Crippen LogP contribution in [0.4, 0.5) is 9.52 Å². The van der Waals surface area contributed by atoms with Crippen LogP contribution in [0, 0.1) is 5.82 Å². The van der Waals surface area contributed by atoms with Crippen molar-refractivity contribution in [2.45, 2.75) is 0 Å². The molecule has 4 aromatic rings. The van der Waals surface area contributed by atoms with E-state index in [1.165, 1.54) is 41.0 Å². The van der Waals surface area contributed by atoms with E-state index in [1.807, 2.05) is 6.07 Å². The Hall–Kier alpha value is -2.84. The molecule has 0 atom stereocenters. The molecule has 134 valence electrons. The normalized spacial score (nSPS) is 11.3. The second-order valence-electron chi connectivity index (χ2n) is 5.50. The number of rotatable bonds is 4. The average molecular weight is 444 g/mol. The maximum atomic E-state index is 13.5. The summed E-state index contributed by atoms with van der Waals surface area (Å²) in [5.41, 5.74) is 1.03. The van der Waals surface area contributed by atoms with E-state index in [4.69, 9.17) is 4.42 Å². The van der Waals surface area contributed by atoms with Gasteiger partial charge in [-0.05, 0) is 48.5 Å². The number of carbonyl (C=O) groups excluding carboxylic acids is 1. The Morgan fingerprint density at radius 2 is 2.11 bits per heavy atom. The number of aromatic nitrogens is 1. The largest absolute Gasteiger partial charge is 0.463 e. The van der Waals surface area contributed by atoms with Gasteiger partial charge in [-0.3, -0.25) is 4.79 Å². The number of benzene rings is 2. The minimum atomic E-state index is -0.362. The van der Waals surface area contributed by atoms with Crippen LogP contribution in [-0.2, 0) is 0 Å². The number of anilines is 1. The van der Waals surface area contributed by atoms with Gasteiger partial charge in [0.2, 0.25) is 5.13 Å². The molecular formula is C19H11BrFN3O2S. The minimum absolute atomic E-state index is 0.336. The lowest BCUT2D eigenvalue weighted by Gasteiger charge is -2.13. The zero-order valence-corrected chi connectivity index (χ0v) is 16.1. The third kappa shape index (κ3) is 3.81. The first-order valence-electron chi connectivity index (χ1n) is 7.84. The fourth-order valence-electron chi connectivity index (χ4n) is 2.39. The van der Waals surface area contributed by atoms with Crippen LogP contribution in [0.2, 0.25) is 0 Å². The number of thiazole rings is 1. The van der Waals surface area contributed by atoms with Gasteiger partial charge in [-0.2, -0.15) is 10.1 Å². The summed E-state index contributed by atoms with van der Waals surface area (Å²) in [5, 5.41) is 5.79. The highest BCUT2D eigenvalue weighted by Crippen LogP contribution is 2.30. The van der Waals surface area contributed by atoms with Crippen molar-refractivity contribution in [3.8, 4) is 0 Å². The molecule has 0 aliphatic carbocycles. The van der Waals surface area contributed by atoms with Crippen LogP contribution in [-0.4, -0.2) is 17.1 Å². The number of hydrazone groups is 1. The van der Waals surface area contributed by atoms with E-state index in [-0.39, 0.29) is 11.7 Å². The molecule has 27 heavy (non-hydrogen) atoms. The molecule has 0 radical (unpaired) electrons. The van der Waals surface area contributed by atoms with Crippen molar-refractivity contribution in [3.05, 3.63) is 82.5 Å². The van der Waals surface area contributed by atoms with Gasteiger partial charge in [-0.25, -0.2) is 9.37 Å². The molecule has 2 aromatic carbocycles. The standard InChI is InChI=1S/C19H11BrFN3O2S/c20-13-4-1-3-12(9-13)18(25)24(22-11-15-5-2-8-26-15)19-23-16-7-6-14(21)10-17(16)27-19/h1-11H/b22-11+. The molecular weight excluding hydrogens is 433 g/mol. The molecule has 1 amide bonds. The number of carbonyl (C=O) groups is 1. The van der Waals surface area contributed by atoms with Crippen LogP contribution in [0.3, 0.4) is 0 Å². The predicted octanol–water partition coefficient (Wildman–Crippen LogP) is 5.47. The van der Waals surface area contributed by atoms with Crippen LogP contribution < -0.4 is 5.01 Å². The first-order chi connectivity index (χ1) is 13.1. The van der Waals surface area contributed by atoms with E-state index in [1.54, 1.807) is 36.4 Å². The number of nitrogens with zero attached hydrogens (tertiary/aromatic N) is 3. The summed E-state index contributed by atoms with van der Waals surface area (Å²) in [6, 6.07) is 14.7. The van der Waals surface area contributed by atoms with Crippen LogP contribution in [0.15, 0.2) is 74.9 Å². The highest BCUT2D eigenvalue weighted by molar-refractivity contribution is 9.10. The van der Waals surface area contributed by atoms with Crippen molar-refractivity contribution in [1.82, 2.24) is 4.98 Å². The minimum Gasteiger partial charge on any atom is -0.463 e. The molecule has 2 aromatic heterocycles. The Morgan fingerprint density at radius 3 is 2.89 bits per heavy atom. The van der Waals surface area contributed by atoms with Crippen molar-refractivity contribution >= 4 is 54.7 Å². The Labute approximate surface area is 165 Å². The van der Waals surface area contributed by atoms with Crippen LogP contribution in [0.1, 0.15) is 16.1 Å². The van der Waals surface area contributed by atoms with E-state index in [0.29, 0.717) is 26.7 Å². The Balaban J connectivity index is 1.77. The topological polar surface area (TPSA) is 58.7 Å². The van der Waals surface area contributed by atoms with Crippen LogP contribution in [0.5, 0.6) is 0 Å². The van der Waals surface area contributed by atoms with Gasteiger partial charge in [-0.15, -0.1) is 0 Å². The fourth-order valence-corrected chi connectivity index (χ4v) is 3.73. The number of furan rings is 1. The molecule has 0 aliphatic heterocycles. The molecule has 0 fully saturated rings. The quantitative estimate of drug-likeness (QED) is 0.310. The lowest BCUT2D eigenvalue weighted by molar-refractivity contribution is 0.0988. The lowest BCUT2D eigenvalue weighted by Crippen LogP contribution is -2.25. The van der Waals surface area contributed by atoms with Gasteiger partial charge in [0.05, 0.1) is 22.7 Å². The molecule has 0 spiro atoms. The SMILES string of the molecule is O=C(c1cccc(Br)c1)N(/N=C/c1ccco1)c1nc2ccc(F)cc2s1. The fraction of sp³-hybridized carbons (Fsp3) is 0. The van der Waals surface area contributed by atoms with Crippen molar-refractivity contribution in [3.63, 3.8) is 0 Å². The van der Waals surface area contributed by atoms with Gasteiger partial charge in [-0.1, -0.05) is 33.3 Å². The van der Waals surface area contributed by atoms with Crippen LogP contribution in [0.25, 0.3) is 10.2 Å². The summed E-state index contributed by atoms with van der Waals surface area (Å²) in [7, 11) is 0. The maximum Gasteiger partial charge on any atom is 0.280 e. The number of amides is 1. The molecule has 8 heteroatoms. The first kappa shape index (κ1) is 17.6. The molecule has 0 bridgehead atoms. The van der Waals surface area contributed by atoms with Crippen LogP contribution >= 0.6 is 27.3 Å². The summed E-state index contributed by atoms with van der Waals surface area (Å²) in [5.74, 6) is -0.227. The van der Waals surface area contributed by atoms with E-state index >= 15 is 0 Å². The number of hydrogen-bond donors (Lipinski definition) is 0. The highest BCUT2D eigenvalue weighted by atomic mass is 79.9. The second kappa shape index (κ2) is 7.42. The van der Waals surface area contributed by atoms with Gasteiger partial charge in [0.15, 0.2) is 0 Å². The van der Waals surface area contributed by atoms with E-state index < -0.39 is 0 Å². The number of fused-ring (bicyclic) bond motifs is 1. The summed E-state index contributed by atoms with van der Waals surface area (Å²) >= 11 is 4.55. The van der Waals surface area contributed by atoms with E-state index in [9.17, 15) is 9.18 Å². The second-order valence-corrected chi connectivity index (χ2v) is 7.42. The smallest absolute Gasteiger partial charge is 0.280 e. The summed E-state index contributed by atoms with van der Waals surface area (Å²) < 4.78 is 20.1. The molecule has 0 aliphatic rings. The van der Waals surface area contributed by atoms with Crippen molar-refractivity contribution in [1.29, 1.82) is 0 Å². The zero-order valence-electron chi connectivity index (χ0n) is 13.7. The molecule has 0 unspecified atom stereocenters. The molecule has 4 rings (SSSR count). The van der Waals surface area contributed by atoms with Crippen molar-refractivity contribution in [2.75, 3.05) is 5.01 Å². The number of hydrogen-bond acceptors (Lipinski definition) is 5. The van der Waals surface area contributed by atoms with Gasteiger partial charge in [0.1, 0.15) is 11.6 Å². The first-order valence-corrected chi connectivity index (χ1v) is 9.45. The van der Waals surface area contributed by atoms with E-state index in [2.05, 4.69) is 26.0 Å². The Kier molecular flexibility index (Phi) is 4.83. The third-order valence-electron chi connectivity index (χ3n) is 3.63. The Bertz CT molecular complexity index is 1140. The van der Waals surface area contributed by atoms with Crippen molar-refractivity contribution < 1.29 is 13.6 Å². The van der Waals surface area contributed by atoms with Gasteiger partial charge in [0, 0.05) is 10.0 Å². The Morgan fingerprint density at radius 1 is 1.22 bits per heavy atom. The highest BCUT2D eigenvalue weighted by Gasteiger charge is 2.21. The summed E-state index contributed by atoms with van der Waals surface area (Å²) in [4.78, 5) is 17.5. The third-order valence-corrected chi connectivity index (χ3v) is 5.11. The van der Waals surface area contributed by atoms with Gasteiger partial charge >= 0.3 is 0 Å². The van der Waals surface area contributed by atoms with E-state index in [0.717, 1.165) is 4.47 Å². The molecule has 0 saturated heterocycles. The predicted molar refractivity (Wildman–Crippen MR) is 107 cm³/mol. The average Bonchev–Trinajstić information content (AvgIpc) is 3.31. The number of halogens is 2. The zero-order chi connectivity index (χ0) is 18.8. The summed E-state index contributed by atoms with van der Waals surface area (Å²) in [6.07, 6.45) is 2.95. The van der Waals surface area contributed by atoms with Crippen molar-refractivity contribution in [2.24, 2.45) is 5.10 Å². The maximum absolute atomic E-state index is 13.5. The summed E-state index contributed by atoms with van der Waals surface area (Å²) in [6.45, 7) is 0. The molecule has 0 saturated carbocycles. The molecule has 5 nitrogen and oxygen atoms in total. The monoisotopic (exact) mass is 443 g/mol. The van der Waals surface area contributed by atoms with Gasteiger partial charge < -0.3 is 4.42 Å².